The molecular formula is C13H23ClN2O5S. The van der Waals surface area contributed by atoms with E-state index in [1.54, 1.807) is 0 Å². The molecule has 0 aliphatic carbocycles. The van der Waals surface area contributed by atoms with Crippen molar-refractivity contribution in [1.82, 2.24) is 4.72 Å². The Morgan fingerprint density at radius 1 is 1.41 bits per heavy atom. The Hall–Kier alpha value is -1.09. The van der Waals surface area contributed by atoms with Crippen LogP contribution in [0.4, 0.5) is 0 Å². The lowest BCUT2D eigenvalue weighted by molar-refractivity contribution is 0.0563. The van der Waals surface area contributed by atoms with Crippen LogP contribution in [0.3, 0.4) is 0 Å². The van der Waals surface area contributed by atoms with E-state index in [2.05, 4.69) is 9.46 Å². The van der Waals surface area contributed by atoms with E-state index in [1.165, 1.54) is 14.0 Å². The molecule has 1 rings (SSSR count). The number of carbonyl (C=O) groups excluding carboxylic acids is 1. The Bertz CT molecular complexity index is 608. The van der Waals surface area contributed by atoms with E-state index < -0.39 is 21.5 Å². The molecule has 0 fully saturated rings. The third-order valence-electron chi connectivity index (χ3n) is 3.57. The van der Waals surface area contributed by atoms with E-state index in [0.717, 1.165) is 6.07 Å². The predicted molar refractivity (Wildman–Crippen MR) is 84.7 cm³/mol. The SMILES string of the molecule is CCC(N)(CC)CNS(=O)(=O)c1cc(C(=O)OC)oc1C.Cl. The summed E-state index contributed by atoms with van der Waals surface area (Å²) in [6, 6.07) is 1.15. The van der Waals surface area contributed by atoms with Gasteiger partial charge in [0.25, 0.3) is 0 Å². The molecule has 1 aromatic rings. The van der Waals surface area contributed by atoms with Gasteiger partial charge in [-0.3, -0.25) is 0 Å². The molecule has 0 atom stereocenters. The highest BCUT2D eigenvalue weighted by Crippen LogP contribution is 2.21. The zero-order chi connectivity index (χ0) is 16.3. The van der Waals surface area contributed by atoms with Gasteiger partial charge in [0.05, 0.1) is 7.11 Å². The Morgan fingerprint density at radius 2 is 1.95 bits per heavy atom. The summed E-state index contributed by atoms with van der Waals surface area (Å²) in [4.78, 5) is 11.3. The smallest absolute Gasteiger partial charge is 0.373 e. The summed E-state index contributed by atoms with van der Waals surface area (Å²) < 4.78 is 36.6. The molecule has 9 heteroatoms. The standard InChI is InChI=1S/C13H22N2O5S.ClH/c1-5-13(14,6-2)8-15-21(17,18)11-7-10(12(16)19-4)20-9(11)3;/h7,15H,5-6,8,14H2,1-4H3;1H. The van der Waals surface area contributed by atoms with Gasteiger partial charge in [-0.15, -0.1) is 12.4 Å². The van der Waals surface area contributed by atoms with Gasteiger partial charge in [-0.2, -0.15) is 0 Å². The average Bonchev–Trinajstić information content (AvgIpc) is 2.87. The second-order valence-electron chi connectivity index (χ2n) is 4.92. The van der Waals surface area contributed by atoms with Crippen molar-refractivity contribution in [2.45, 2.75) is 44.0 Å². The molecule has 0 aliphatic heterocycles. The number of furan rings is 1. The number of aryl methyl sites for hydroxylation is 1. The number of carbonyl (C=O) groups is 1. The summed E-state index contributed by atoms with van der Waals surface area (Å²) in [5.41, 5.74) is 5.47. The highest BCUT2D eigenvalue weighted by atomic mass is 35.5. The van der Waals surface area contributed by atoms with Gasteiger partial charge in [0.15, 0.2) is 0 Å². The first-order chi connectivity index (χ1) is 9.69. The van der Waals surface area contributed by atoms with E-state index in [-0.39, 0.29) is 35.4 Å². The van der Waals surface area contributed by atoms with Crippen LogP contribution < -0.4 is 10.5 Å². The fourth-order valence-corrected chi connectivity index (χ4v) is 3.07. The number of rotatable bonds is 7. The number of hydrogen-bond acceptors (Lipinski definition) is 6. The van der Waals surface area contributed by atoms with Gasteiger partial charge in [0.2, 0.25) is 15.8 Å². The minimum Gasteiger partial charge on any atom is -0.463 e. The van der Waals surface area contributed by atoms with Crippen molar-refractivity contribution in [3.05, 3.63) is 17.6 Å². The summed E-state index contributed by atoms with van der Waals surface area (Å²) in [5.74, 6) is -0.756. The Kier molecular flexibility index (Phi) is 7.56. The minimum absolute atomic E-state index is 0. The first-order valence-corrected chi connectivity index (χ1v) is 8.14. The molecule has 0 spiro atoms. The second-order valence-corrected chi connectivity index (χ2v) is 6.65. The van der Waals surface area contributed by atoms with E-state index in [0.29, 0.717) is 12.8 Å². The van der Waals surface area contributed by atoms with Gasteiger partial charge >= 0.3 is 5.97 Å². The fraction of sp³-hybridized carbons (Fsp3) is 0.615. The van der Waals surface area contributed by atoms with Crippen molar-refractivity contribution in [3.63, 3.8) is 0 Å². The summed E-state index contributed by atoms with van der Waals surface area (Å²) in [7, 11) is -2.60. The zero-order valence-electron chi connectivity index (χ0n) is 13.1. The van der Waals surface area contributed by atoms with Crippen LogP contribution in [0.2, 0.25) is 0 Å². The zero-order valence-corrected chi connectivity index (χ0v) is 14.8. The molecule has 0 radical (unpaired) electrons. The summed E-state index contributed by atoms with van der Waals surface area (Å²) in [6.07, 6.45) is 1.29. The van der Waals surface area contributed by atoms with Crippen molar-refractivity contribution < 1.29 is 22.4 Å². The van der Waals surface area contributed by atoms with Crippen molar-refractivity contribution in [1.29, 1.82) is 0 Å². The van der Waals surface area contributed by atoms with Gasteiger partial charge in [-0.1, -0.05) is 13.8 Å². The van der Waals surface area contributed by atoms with Crippen molar-refractivity contribution >= 4 is 28.4 Å². The number of hydrogen-bond donors (Lipinski definition) is 2. The second kappa shape index (κ2) is 7.96. The third kappa shape index (κ3) is 4.70. The molecule has 0 saturated carbocycles. The topological polar surface area (TPSA) is 112 Å². The van der Waals surface area contributed by atoms with E-state index >= 15 is 0 Å². The number of nitrogens with two attached hydrogens (primary N) is 1. The number of ether oxygens (including phenoxy) is 1. The van der Waals surface area contributed by atoms with Crippen LogP contribution in [0.15, 0.2) is 15.4 Å². The molecule has 128 valence electrons. The highest BCUT2D eigenvalue weighted by molar-refractivity contribution is 7.89. The lowest BCUT2D eigenvalue weighted by Crippen LogP contribution is -2.49. The minimum atomic E-state index is -3.80. The number of halogens is 1. The number of methoxy groups -OCH3 is 1. The Morgan fingerprint density at radius 3 is 2.41 bits per heavy atom. The quantitative estimate of drug-likeness (QED) is 0.719. The van der Waals surface area contributed by atoms with Gasteiger partial charge in [0.1, 0.15) is 10.7 Å². The molecule has 1 aromatic heterocycles. The lowest BCUT2D eigenvalue weighted by atomic mass is 9.95. The lowest BCUT2D eigenvalue weighted by Gasteiger charge is -2.26. The van der Waals surface area contributed by atoms with Gasteiger partial charge in [0, 0.05) is 18.2 Å². The molecule has 22 heavy (non-hydrogen) atoms. The van der Waals surface area contributed by atoms with Gasteiger partial charge < -0.3 is 14.9 Å². The molecule has 0 saturated heterocycles. The van der Waals surface area contributed by atoms with E-state index in [1.807, 2.05) is 13.8 Å². The van der Waals surface area contributed by atoms with Crippen LogP contribution in [-0.4, -0.2) is 33.6 Å². The first kappa shape index (κ1) is 20.9. The van der Waals surface area contributed by atoms with Crippen molar-refractivity contribution in [3.8, 4) is 0 Å². The van der Waals surface area contributed by atoms with Crippen molar-refractivity contribution in [2.24, 2.45) is 5.73 Å². The summed E-state index contributed by atoms with van der Waals surface area (Å²) in [5, 5.41) is 0. The van der Waals surface area contributed by atoms with E-state index in [9.17, 15) is 13.2 Å². The van der Waals surface area contributed by atoms with Gasteiger partial charge in [-0.25, -0.2) is 17.9 Å². The molecule has 0 aromatic carbocycles. The maximum absolute atomic E-state index is 12.3. The molecule has 0 unspecified atom stereocenters. The molecule has 1 heterocycles. The van der Waals surface area contributed by atoms with Crippen LogP contribution in [0.1, 0.15) is 43.0 Å². The van der Waals surface area contributed by atoms with E-state index in [4.69, 9.17) is 10.2 Å². The van der Waals surface area contributed by atoms with Crippen molar-refractivity contribution in [2.75, 3.05) is 13.7 Å². The van der Waals surface area contributed by atoms with Crippen LogP contribution in [0, 0.1) is 6.92 Å². The largest absolute Gasteiger partial charge is 0.463 e. The summed E-state index contributed by atoms with van der Waals surface area (Å²) in [6.45, 7) is 5.38. The summed E-state index contributed by atoms with van der Waals surface area (Å²) >= 11 is 0. The van der Waals surface area contributed by atoms with Gasteiger partial charge in [-0.05, 0) is 19.8 Å². The predicted octanol–water partition coefficient (Wildman–Crippen LogP) is 1.59. The number of sulfonamides is 1. The molecule has 3 N–H and O–H groups in total. The highest BCUT2D eigenvalue weighted by Gasteiger charge is 2.28. The maximum Gasteiger partial charge on any atom is 0.373 e. The Labute approximate surface area is 137 Å². The maximum atomic E-state index is 12.3. The normalized spacial score (nSPS) is 11.9. The molecule has 0 amide bonds. The van der Waals surface area contributed by atoms with Crippen LogP contribution in [-0.2, 0) is 14.8 Å². The fourth-order valence-electron chi connectivity index (χ4n) is 1.75. The number of nitrogens with one attached hydrogen (secondary N) is 1. The third-order valence-corrected chi connectivity index (χ3v) is 5.08. The molecule has 0 bridgehead atoms. The molecular weight excluding hydrogens is 332 g/mol. The molecule has 7 nitrogen and oxygen atoms in total. The van der Waals surface area contributed by atoms with Crippen LogP contribution >= 0.6 is 12.4 Å². The van der Waals surface area contributed by atoms with Crippen LogP contribution in [0.25, 0.3) is 0 Å². The monoisotopic (exact) mass is 354 g/mol. The first-order valence-electron chi connectivity index (χ1n) is 6.66. The number of esters is 1. The average molecular weight is 355 g/mol. The van der Waals surface area contributed by atoms with Crippen LogP contribution in [0.5, 0.6) is 0 Å². The molecule has 0 aliphatic rings. The Balaban J connectivity index is 0.00000441.